The maximum Gasteiger partial charge on any atom is 0.0991 e. The third kappa shape index (κ3) is 2.38. The highest BCUT2D eigenvalue weighted by atomic mass is 32.2. The molecule has 1 aliphatic heterocycles. The SMILES string of the molecule is CNC(=S)C1(c2cccc(C#N)c2)CCCCS1. The molecule has 1 aromatic carbocycles. The Morgan fingerprint density at radius 3 is 2.94 bits per heavy atom. The first-order valence-corrected chi connectivity index (χ1v) is 7.49. The second kappa shape index (κ2) is 5.73. The van der Waals surface area contributed by atoms with Crippen LogP contribution in [0.4, 0.5) is 0 Å². The standard InChI is InChI=1S/C14H16N2S2/c1-16-13(17)14(7-2-3-8-18-14)12-6-4-5-11(9-12)10-15/h4-6,9H,2-3,7-8H2,1H3,(H,16,17). The number of hydrogen-bond donors (Lipinski definition) is 1. The van der Waals surface area contributed by atoms with Crippen LogP contribution in [0.3, 0.4) is 0 Å². The molecule has 0 aliphatic carbocycles. The van der Waals surface area contributed by atoms with E-state index in [4.69, 9.17) is 17.5 Å². The van der Waals surface area contributed by atoms with Crippen LogP contribution in [0.2, 0.25) is 0 Å². The number of nitrogens with one attached hydrogen (secondary N) is 1. The zero-order valence-electron chi connectivity index (χ0n) is 10.4. The van der Waals surface area contributed by atoms with Crippen molar-refractivity contribution < 1.29 is 0 Å². The van der Waals surface area contributed by atoms with Crippen LogP contribution in [0.1, 0.15) is 30.4 Å². The lowest BCUT2D eigenvalue weighted by molar-refractivity contribution is 0.622. The van der Waals surface area contributed by atoms with E-state index in [1.165, 1.54) is 12.8 Å². The lowest BCUT2D eigenvalue weighted by Gasteiger charge is -2.37. The summed E-state index contributed by atoms with van der Waals surface area (Å²) in [7, 11) is 1.88. The van der Waals surface area contributed by atoms with Crippen molar-refractivity contribution in [2.24, 2.45) is 0 Å². The van der Waals surface area contributed by atoms with Gasteiger partial charge in [0, 0.05) is 7.05 Å². The van der Waals surface area contributed by atoms with Crippen molar-refractivity contribution in [3.05, 3.63) is 35.4 Å². The molecule has 2 rings (SSSR count). The molecule has 0 saturated carbocycles. The van der Waals surface area contributed by atoms with Crippen LogP contribution in [0, 0.1) is 11.3 Å². The fourth-order valence-corrected chi connectivity index (χ4v) is 4.28. The van der Waals surface area contributed by atoms with E-state index < -0.39 is 0 Å². The van der Waals surface area contributed by atoms with Crippen LogP contribution in [0.5, 0.6) is 0 Å². The summed E-state index contributed by atoms with van der Waals surface area (Å²) in [6.45, 7) is 0. The van der Waals surface area contributed by atoms with E-state index in [0.717, 1.165) is 22.7 Å². The molecule has 1 fully saturated rings. The zero-order valence-corrected chi connectivity index (χ0v) is 12.0. The molecule has 0 spiro atoms. The Morgan fingerprint density at radius 2 is 2.33 bits per heavy atom. The van der Waals surface area contributed by atoms with Gasteiger partial charge in [0.15, 0.2) is 0 Å². The number of rotatable bonds is 2. The van der Waals surface area contributed by atoms with E-state index >= 15 is 0 Å². The average Bonchev–Trinajstić information content (AvgIpc) is 2.47. The summed E-state index contributed by atoms with van der Waals surface area (Å²) in [5.74, 6) is 1.12. The van der Waals surface area contributed by atoms with E-state index in [0.29, 0.717) is 5.56 Å². The maximum absolute atomic E-state index is 9.03. The molecule has 1 unspecified atom stereocenters. The Labute approximate surface area is 118 Å². The van der Waals surface area contributed by atoms with Gasteiger partial charge in [-0.2, -0.15) is 5.26 Å². The van der Waals surface area contributed by atoms with Gasteiger partial charge in [0.1, 0.15) is 0 Å². The molecule has 1 aromatic rings. The van der Waals surface area contributed by atoms with Crippen LogP contribution < -0.4 is 5.32 Å². The van der Waals surface area contributed by atoms with E-state index in [-0.39, 0.29) is 4.75 Å². The van der Waals surface area contributed by atoms with Crippen molar-refractivity contribution in [3.63, 3.8) is 0 Å². The summed E-state index contributed by atoms with van der Waals surface area (Å²) in [5, 5.41) is 12.2. The largest absolute Gasteiger partial charge is 0.381 e. The monoisotopic (exact) mass is 276 g/mol. The molecule has 94 valence electrons. The average molecular weight is 276 g/mol. The van der Waals surface area contributed by atoms with Crippen molar-refractivity contribution in [3.8, 4) is 6.07 Å². The molecule has 1 heterocycles. The second-order valence-corrected chi connectivity index (χ2v) is 6.21. The highest BCUT2D eigenvalue weighted by Gasteiger charge is 2.38. The molecule has 1 saturated heterocycles. The third-order valence-electron chi connectivity index (χ3n) is 3.32. The third-order valence-corrected chi connectivity index (χ3v) is 5.63. The summed E-state index contributed by atoms with van der Waals surface area (Å²) < 4.78 is -0.144. The van der Waals surface area contributed by atoms with Gasteiger partial charge in [-0.3, -0.25) is 0 Å². The minimum absolute atomic E-state index is 0.144. The van der Waals surface area contributed by atoms with Crippen LogP contribution in [0.15, 0.2) is 24.3 Å². The van der Waals surface area contributed by atoms with Crippen LogP contribution in [-0.4, -0.2) is 17.8 Å². The molecule has 0 amide bonds. The van der Waals surface area contributed by atoms with E-state index in [1.807, 2.05) is 37.0 Å². The lowest BCUT2D eigenvalue weighted by Crippen LogP contribution is -2.40. The van der Waals surface area contributed by atoms with Gasteiger partial charge in [-0.05, 0) is 36.3 Å². The quantitative estimate of drug-likeness (QED) is 0.841. The highest BCUT2D eigenvalue weighted by Crippen LogP contribution is 2.45. The van der Waals surface area contributed by atoms with Gasteiger partial charge in [-0.1, -0.05) is 30.8 Å². The Balaban J connectivity index is 2.45. The second-order valence-electron chi connectivity index (χ2n) is 4.40. The molecular formula is C14H16N2S2. The topological polar surface area (TPSA) is 35.8 Å². The number of benzene rings is 1. The van der Waals surface area contributed by atoms with Crippen LogP contribution in [-0.2, 0) is 4.75 Å². The molecule has 4 heteroatoms. The minimum atomic E-state index is -0.144. The van der Waals surface area contributed by atoms with Gasteiger partial charge < -0.3 is 5.32 Å². The maximum atomic E-state index is 9.03. The van der Waals surface area contributed by atoms with E-state index in [1.54, 1.807) is 0 Å². The fourth-order valence-electron chi connectivity index (χ4n) is 2.37. The number of hydrogen-bond acceptors (Lipinski definition) is 3. The summed E-state index contributed by atoms with van der Waals surface area (Å²) in [4.78, 5) is 0.877. The zero-order chi connectivity index (χ0) is 13.0. The molecule has 0 aromatic heterocycles. The first kappa shape index (κ1) is 13.4. The number of thiocarbonyl (C=S) groups is 1. The summed E-state index contributed by atoms with van der Waals surface area (Å²) in [6, 6.07) is 10.1. The number of nitrogens with zero attached hydrogens (tertiary/aromatic N) is 1. The van der Waals surface area contributed by atoms with Gasteiger partial charge in [0.05, 0.1) is 21.4 Å². The smallest absolute Gasteiger partial charge is 0.0991 e. The summed E-state index contributed by atoms with van der Waals surface area (Å²) in [6.07, 6.45) is 3.48. The van der Waals surface area contributed by atoms with Gasteiger partial charge in [-0.15, -0.1) is 11.8 Å². The first-order chi connectivity index (χ1) is 8.73. The van der Waals surface area contributed by atoms with Gasteiger partial charge in [0.2, 0.25) is 0 Å². The van der Waals surface area contributed by atoms with Crippen molar-refractivity contribution in [2.75, 3.05) is 12.8 Å². The number of likely N-dealkylation sites (N-methyl/N-ethyl adjacent to an activating group) is 1. The lowest BCUT2D eigenvalue weighted by atomic mass is 9.90. The van der Waals surface area contributed by atoms with Crippen molar-refractivity contribution in [1.29, 1.82) is 5.26 Å². The molecule has 1 aliphatic rings. The highest BCUT2D eigenvalue weighted by molar-refractivity contribution is 8.02. The predicted octanol–water partition coefficient (Wildman–Crippen LogP) is 3.22. The molecule has 1 N–H and O–H groups in total. The van der Waals surface area contributed by atoms with E-state index in [9.17, 15) is 0 Å². The minimum Gasteiger partial charge on any atom is -0.381 e. The van der Waals surface area contributed by atoms with Gasteiger partial charge >= 0.3 is 0 Å². The molecule has 18 heavy (non-hydrogen) atoms. The van der Waals surface area contributed by atoms with Crippen LogP contribution in [0.25, 0.3) is 0 Å². The molecule has 0 bridgehead atoms. The Hall–Kier alpha value is -1.05. The fraction of sp³-hybridized carbons (Fsp3) is 0.429. The molecular weight excluding hydrogens is 260 g/mol. The van der Waals surface area contributed by atoms with Gasteiger partial charge in [0.25, 0.3) is 0 Å². The van der Waals surface area contributed by atoms with Crippen LogP contribution >= 0.6 is 24.0 Å². The van der Waals surface area contributed by atoms with Crippen molar-refractivity contribution >= 4 is 29.0 Å². The molecule has 1 atom stereocenters. The summed E-state index contributed by atoms with van der Waals surface area (Å²) in [5.41, 5.74) is 1.86. The Kier molecular flexibility index (Phi) is 4.26. The summed E-state index contributed by atoms with van der Waals surface area (Å²) >= 11 is 7.44. The number of nitriles is 1. The molecule has 2 nitrogen and oxygen atoms in total. The Morgan fingerprint density at radius 1 is 1.50 bits per heavy atom. The Bertz CT molecular complexity index is 485. The predicted molar refractivity (Wildman–Crippen MR) is 80.8 cm³/mol. The van der Waals surface area contributed by atoms with E-state index in [2.05, 4.69) is 17.5 Å². The molecule has 0 radical (unpaired) electrons. The van der Waals surface area contributed by atoms with Crippen molar-refractivity contribution in [2.45, 2.75) is 24.0 Å². The van der Waals surface area contributed by atoms with Gasteiger partial charge in [-0.25, -0.2) is 0 Å². The normalized spacial score (nSPS) is 23.1. The van der Waals surface area contributed by atoms with Crippen molar-refractivity contribution in [1.82, 2.24) is 5.32 Å². The number of thioether (sulfide) groups is 1. The first-order valence-electron chi connectivity index (χ1n) is 6.10.